The number of nitrogens with zero attached hydrogens (tertiary/aromatic N) is 4. The molecule has 1 aliphatic rings. The third-order valence-corrected chi connectivity index (χ3v) is 4.62. The molecule has 0 radical (unpaired) electrons. The van der Waals surface area contributed by atoms with E-state index in [1.165, 1.54) is 4.57 Å². The molecular formula is C18H22N4O2. The molecule has 0 atom stereocenters. The summed E-state index contributed by atoms with van der Waals surface area (Å²) in [6, 6.07) is 7.70. The zero-order valence-electron chi connectivity index (χ0n) is 14.3. The normalized spacial score (nSPS) is 14.8. The molecule has 6 nitrogen and oxygen atoms in total. The Morgan fingerprint density at radius 2 is 1.83 bits per heavy atom. The maximum absolute atomic E-state index is 12.8. The van der Waals surface area contributed by atoms with Crippen molar-refractivity contribution in [3.05, 3.63) is 57.6 Å². The summed E-state index contributed by atoms with van der Waals surface area (Å²) in [5, 5.41) is 0. The first kappa shape index (κ1) is 16.2. The van der Waals surface area contributed by atoms with Crippen molar-refractivity contribution in [1.82, 2.24) is 14.5 Å². The summed E-state index contributed by atoms with van der Waals surface area (Å²) >= 11 is 0. The van der Waals surface area contributed by atoms with Gasteiger partial charge < -0.3 is 14.4 Å². The van der Waals surface area contributed by atoms with Gasteiger partial charge >= 0.3 is 0 Å². The number of amides is 1. The first-order valence-corrected chi connectivity index (χ1v) is 8.11. The van der Waals surface area contributed by atoms with Crippen LogP contribution in [0.4, 0.5) is 5.82 Å². The molecule has 0 aromatic carbocycles. The molecule has 0 spiro atoms. The highest BCUT2D eigenvalue weighted by Crippen LogP contribution is 2.15. The molecule has 1 saturated heterocycles. The molecule has 0 unspecified atom stereocenters. The van der Waals surface area contributed by atoms with Crippen LogP contribution in [0.15, 0.2) is 35.3 Å². The van der Waals surface area contributed by atoms with E-state index in [0.717, 1.165) is 17.1 Å². The number of hydrogen-bond donors (Lipinski definition) is 0. The number of aryl methyl sites for hydroxylation is 2. The van der Waals surface area contributed by atoms with Crippen LogP contribution in [0.2, 0.25) is 0 Å². The molecule has 126 valence electrons. The van der Waals surface area contributed by atoms with E-state index in [-0.39, 0.29) is 17.0 Å². The highest BCUT2D eigenvalue weighted by Gasteiger charge is 2.26. The van der Waals surface area contributed by atoms with E-state index in [1.54, 1.807) is 18.1 Å². The van der Waals surface area contributed by atoms with Crippen LogP contribution in [0.25, 0.3) is 0 Å². The number of pyridine rings is 2. The molecule has 3 rings (SSSR count). The molecule has 1 aliphatic heterocycles. The largest absolute Gasteiger partial charge is 0.353 e. The van der Waals surface area contributed by atoms with Crippen LogP contribution in [0.5, 0.6) is 0 Å². The minimum absolute atomic E-state index is 0.172. The quantitative estimate of drug-likeness (QED) is 0.836. The van der Waals surface area contributed by atoms with Crippen LogP contribution in [-0.4, -0.2) is 46.5 Å². The standard InChI is InChI=1S/C18H22N4O2/c1-13-12-14(2)20(3)17(23)16(13)18(24)22-10-8-21(9-11-22)15-6-4-5-7-19-15/h4-7,12H,8-11H2,1-3H3. The third kappa shape index (κ3) is 2.91. The Morgan fingerprint density at radius 3 is 2.46 bits per heavy atom. The lowest BCUT2D eigenvalue weighted by molar-refractivity contribution is 0.0743. The van der Waals surface area contributed by atoms with Gasteiger partial charge in [0.15, 0.2) is 0 Å². The maximum Gasteiger partial charge on any atom is 0.263 e. The second-order valence-corrected chi connectivity index (χ2v) is 6.18. The van der Waals surface area contributed by atoms with Gasteiger partial charge in [-0.25, -0.2) is 4.98 Å². The smallest absolute Gasteiger partial charge is 0.263 e. The Balaban J connectivity index is 1.77. The van der Waals surface area contributed by atoms with Gasteiger partial charge in [-0.05, 0) is 37.6 Å². The van der Waals surface area contributed by atoms with Gasteiger partial charge in [0.25, 0.3) is 11.5 Å². The lowest BCUT2D eigenvalue weighted by Crippen LogP contribution is -2.50. The van der Waals surface area contributed by atoms with Crippen molar-refractivity contribution >= 4 is 11.7 Å². The number of carbonyl (C=O) groups is 1. The van der Waals surface area contributed by atoms with Gasteiger partial charge in [0, 0.05) is 45.1 Å². The summed E-state index contributed by atoms with van der Waals surface area (Å²) in [6.07, 6.45) is 1.77. The number of aromatic nitrogens is 2. The Labute approximate surface area is 141 Å². The van der Waals surface area contributed by atoms with Gasteiger partial charge in [-0.2, -0.15) is 0 Å². The summed E-state index contributed by atoms with van der Waals surface area (Å²) in [4.78, 5) is 33.6. The van der Waals surface area contributed by atoms with E-state index in [1.807, 2.05) is 38.1 Å². The summed E-state index contributed by atoms with van der Waals surface area (Å²) in [7, 11) is 1.70. The molecule has 0 aliphatic carbocycles. The predicted octanol–water partition coefficient (Wildman–Crippen LogP) is 1.36. The lowest BCUT2D eigenvalue weighted by Gasteiger charge is -2.35. The van der Waals surface area contributed by atoms with E-state index in [9.17, 15) is 9.59 Å². The molecule has 2 aromatic rings. The molecule has 3 heterocycles. The predicted molar refractivity (Wildman–Crippen MR) is 93.5 cm³/mol. The van der Waals surface area contributed by atoms with Gasteiger partial charge in [-0.15, -0.1) is 0 Å². The van der Waals surface area contributed by atoms with Crippen molar-refractivity contribution in [3.8, 4) is 0 Å². The fourth-order valence-electron chi connectivity index (χ4n) is 3.08. The minimum atomic E-state index is -0.218. The van der Waals surface area contributed by atoms with Gasteiger partial charge in [0.05, 0.1) is 0 Å². The molecule has 2 aromatic heterocycles. The lowest BCUT2D eigenvalue weighted by atomic mass is 10.1. The van der Waals surface area contributed by atoms with Crippen LogP contribution in [0.1, 0.15) is 21.6 Å². The van der Waals surface area contributed by atoms with Crippen molar-refractivity contribution in [2.75, 3.05) is 31.1 Å². The molecule has 0 bridgehead atoms. The Bertz CT molecular complexity index is 806. The van der Waals surface area contributed by atoms with E-state index >= 15 is 0 Å². The van der Waals surface area contributed by atoms with E-state index in [0.29, 0.717) is 26.2 Å². The topological polar surface area (TPSA) is 58.4 Å². The van der Waals surface area contributed by atoms with Gasteiger partial charge in [0.2, 0.25) is 0 Å². The second-order valence-electron chi connectivity index (χ2n) is 6.18. The van der Waals surface area contributed by atoms with Crippen LogP contribution in [0, 0.1) is 13.8 Å². The average molecular weight is 326 g/mol. The number of carbonyl (C=O) groups excluding carboxylic acids is 1. The number of rotatable bonds is 2. The van der Waals surface area contributed by atoms with Crippen molar-refractivity contribution in [1.29, 1.82) is 0 Å². The van der Waals surface area contributed by atoms with E-state index in [4.69, 9.17) is 0 Å². The number of anilines is 1. The fourth-order valence-corrected chi connectivity index (χ4v) is 3.08. The number of piperazine rings is 1. The summed E-state index contributed by atoms with van der Waals surface area (Å²) < 4.78 is 1.53. The average Bonchev–Trinajstić information content (AvgIpc) is 2.60. The molecule has 24 heavy (non-hydrogen) atoms. The van der Waals surface area contributed by atoms with Gasteiger partial charge in [-0.1, -0.05) is 6.07 Å². The summed E-state index contributed by atoms with van der Waals surface area (Å²) in [5.41, 5.74) is 1.67. The Hall–Kier alpha value is -2.63. The van der Waals surface area contributed by atoms with Gasteiger partial charge in [0.1, 0.15) is 11.4 Å². The van der Waals surface area contributed by atoms with Crippen LogP contribution in [0.3, 0.4) is 0 Å². The zero-order valence-corrected chi connectivity index (χ0v) is 14.3. The van der Waals surface area contributed by atoms with Crippen molar-refractivity contribution in [3.63, 3.8) is 0 Å². The highest BCUT2D eigenvalue weighted by atomic mass is 16.2. The van der Waals surface area contributed by atoms with Crippen LogP contribution >= 0.6 is 0 Å². The molecule has 6 heteroatoms. The summed E-state index contributed by atoms with van der Waals surface area (Å²) in [6.45, 7) is 6.31. The molecule has 1 fully saturated rings. The molecule has 1 amide bonds. The van der Waals surface area contributed by atoms with Crippen LogP contribution < -0.4 is 10.5 Å². The first-order chi connectivity index (χ1) is 11.5. The molecule has 0 saturated carbocycles. The SMILES string of the molecule is Cc1cc(C)n(C)c(=O)c1C(=O)N1CCN(c2ccccn2)CC1. The Morgan fingerprint density at radius 1 is 1.12 bits per heavy atom. The Kier molecular flexibility index (Phi) is 4.38. The van der Waals surface area contributed by atoms with E-state index < -0.39 is 0 Å². The zero-order chi connectivity index (χ0) is 17.3. The van der Waals surface area contributed by atoms with Crippen molar-refractivity contribution < 1.29 is 4.79 Å². The van der Waals surface area contributed by atoms with Gasteiger partial charge in [-0.3, -0.25) is 9.59 Å². The van der Waals surface area contributed by atoms with Crippen molar-refractivity contribution in [2.24, 2.45) is 7.05 Å². The minimum Gasteiger partial charge on any atom is -0.353 e. The third-order valence-electron chi connectivity index (χ3n) is 4.62. The highest BCUT2D eigenvalue weighted by molar-refractivity contribution is 5.95. The second kappa shape index (κ2) is 6.47. The molecular weight excluding hydrogens is 304 g/mol. The summed E-state index contributed by atoms with van der Waals surface area (Å²) in [5.74, 6) is 0.751. The number of hydrogen-bond acceptors (Lipinski definition) is 4. The van der Waals surface area contributed by atoms with E-state index in [2.05, 4.69) is 9.88 Å². The van der Waals surface area contributed by atoms with Crippen molar-refractivity contribution in [2.45, 2.75) is 13.8 Å². The first-order valence-electron chi connectivity index (χ1n) is 8.11. The monoisotopic (exact) mass is 326 g/mol. The maximum atomic E-state index is 12.8. The molecule has 0 N–H and O–H groups in total. The fraction of sp³-hybridized carbons (Fsp3) is 0.389. The van der Waals surface area contributed by atoms with Crippen LogP contribution in [-0.2, 0) is 7.05 Å².